The molecule has 4 aliphatic rings. The number of carbonyl (C=O) groups excluding carboxylic acids is 1. The van der Waals surface area contributed by atoms with Gasteiger partial charge in [0.25, 0.3) is 0 Å². The molecule has 3 aliphatic carbocycles. The summed E-state index contributed by atoms with van der Waals surface area (Å²) in [5.74, 6) is 0.441. The summed E-state index contributed by atoms with van der Waals surface area (Å²) in [6, 6.07) is 0. The first-order valence-corrected chi connectivity index (χ1v) is 8.71. The van der Waals surface area contributed by atoms with Crippen LogP contribution in [0.15, 0.2) is 34.8 Å². The number of hydrogen-bond donors (Lipinski definition) is 2. The molecule has 6 nitrogen and oxygen atoms in total. The molecule has 2 N–H and O–H groups in total. The van der Waals surface area contributed by atoms with Gasteiger partial charge in [-0.15, -0.1) is 0 Å². The lowest BCUT2D eigenvalue weighted by Gasteiger charge is -2.54. The zero-order chi connectivity index (χ0) is 18.2. The standard InChI is InChI=1S/C18H22ClNO5/c1-20-7-6-16-8-11(22)13(24-2)15(25-3)18(16,20)9-12(19)17(16)5-4-10(21)14(17)23/h4-5,9-10,14,21,23H,6-8H2,1-3H3/t10-,14-,16+,17+,18-/m1/s1. The van der Waals surface area contributed by atoms with E-state index in [9.17, 15) is 15.0 Å². The largest absolute Gasteiger partial charge is 0.495 e. The highest BCUT2D eigenvalue weighted by molar-refractivity contribution is 6.31. The van der Waals surface area contributed by atoms with E-state index in [1.54, 1.807) is 12.2 Å². The lowest BCUT2D eigenvalue weighted by molar-refractivity contribution is -0.133. The van der Waals surface area contributed by atoms with Crippen LogP contribution in [0.1, 0.15) is 12.8 Å². The Kier molecular flexibility index (Phi) is 3.49. The molecule has 0 unspecified atom stereocenters. The Labute approximate surface area is 151 Å². The van der Waals surface area contributed by atoms with Crippen molar-refractivity contribution in [1.82, 2.24) is 4.90 Å². The number of allylic oxidation sites excluding steroid dienone is 1. The van der Waals surface area contributed by atoms with Gasteiger partial charge in [0.15, 0.2) is 5.76 Å². The van der Waals surface area contributed by atoms with Crippen molar-refractivity contribution in [2.45, 2.75) is 30.6 Å². The quantitative estimate of drug-likeness (QED) is 0.707. The number of halogens is 1. The second-order valence-corrected chi connectivity index (χ2v) is 7.75. The normalized spacial score (nSPS) is 45.8. The molecule has 7 heteroatoms. The molecule has 136 valence electrons. The van der Waals surface area contributed by atoms with Crippen LogP contribution in [0.25, 0.3) is 0 Å². The average molecular weight is 368 g/mol. The predicted octanol–water partition coefficient (Wildman–Crippen LogP) is 0.939. The van der Waals surface area contributed by atoms with Gasteiger partial charge in [0.05, 0.1) is 31.8 Å². The molecule has 0 saturated carbocycles. The first-order valence-electron chi connectivity index (χ1n) is 8.34. The molecule has 0 aromatic rings. The molecule has 1 heterocycles. The summed E-state index contributed by atoms with van der Waals surface area (Å²) in [6.07, 6.45) is 3.88. The number of methoxy groups -OCH3 is 2. The molecule has 5 atom stereocenters. The minimum atomic E-state index is -1.11. The fourth-order valence-electron chi connectivity index (χ4n) is 5.71. The lowest BCUT2D eigenvalue weighted by Crippen LogP contribution is -2.62. The minimum Gasteiger partial charge on any atom is -0.495 e. The van der Waals surface area contributed by atoms with Crippen molar-refractivity contribution in [3.63, 3.8) is 0 Å². The molecule has 0 bridgehead atoms. The Morgan fingerprint density at radius 2 is 2.04 bits per heavy atom. The summed E-state index contributed by atoms with van der Waals surface area (Å²) in [5.41, 5.74) is -2.55. The van der Waals surface area contributed by atoms with Gasteiger partial charge in [0.1, 0.15) is 5.54 Å². The number of aliphatic hydroxyl groups excluding tert-OH is 2. The number of rotatable bonds is 2. The number of ketones is 1. The van der Waals surface area contributed by atoms with Crippen LogP contribution in [0.4, 0.5) is 0 Å². The van der Waals surface area contributed by atoms with Gasteiger partial charge in [-0.25, -0.2) is 0 Å². The maximum atomic E-state index is 12.9. The second-order valence-electron chi connectivity index (χ2n) is 7.34. The molecule has 1 spiro atoms. The number of carbonyl (C=O) groups is 1. The minimum absolute atomic E-state index is 0.161. The first kappa shape index (κ1) is 17.1. The van der Waals surface area contributed by atoms with Gasteiger partial charge in [0.2, 0.25) is 11.5 Å². The maximum absolute atomic E-state index is 12.9. The SMILES string of the molecule is COC1=C(OC)[C@]23C=C(Cl)[C@]4(C=C[C@@H](O)[C@H]4O)[C@]2(CCN3C)CC1=O. The zero-order valence-electron chi connectivity index (χ0n) is 14.5. The number of likely N-dealkylation sites (N-methyl/N-ethyl adjacent to an activating group) is 1. The molecule has 25 heavy (non-hydrogen) atoms. The van der Waals surface area contributed by atoms with Crippen molar-refractivity contribution in [3.05, 3.63) is 34.8 Å². The third-order valence-corrected chi connectivity index (χ3v) is 7.17. The molecular weight excluding hydrogens is 346 g/mol. The lowest BCUT2D eigenvalue weighted by atomic mass is 9.52. The Morgan fingerprint density at radius 3 is 2.60 bits per heavy atom. The van der Waals surface area contributed by atoms with Crippen LogP contribution in [-0.2, 0) is 14.3 Å². The summed E-state index contributed by atoms with van der Waals surface area (Å²) in [6.45, 7) is 0.705. The smallest absolute Gasteiger partial charge is 0.202 e. The first-order chi connectivity index (χ1) is 11.8. The van der Waals surface area contributed by atoms with Gasteiger partial charge in [-0.05, 0) is 26.1 Å². The van der Waals surface area contributed by atoms with Crippen molar-refractivity contribution in [1.29, 1.82) is 0 Å². The monoisotopic (exact) mass is 367 g/mol. The van der Waals surface area contributed by atoms with Crippen molar-refractivity contribution < 1.29 is 24.5 Å². The van der Waals surface area contributed by atoms with Gasteiger partial charge in [-0.3, -0.25) is 9.69 Å². The van der Waals surface area contributed by atoms with Crippen LogP contribution < -0.4 is 0 Å². The molecule has 0 aromatic heterocycles. The highest BCUT2D eigenvalue weighted by Crippen LogP contribution is 2.73. The van der Waals surface area contributed by atoms with E-state index in [1.807, 2.05) is 13.1 Å². The number of likely N-dealkylation sites (tertiary alicyclic amines) is 1. The van der Waals surface area contributed by atoms with Crippen LogP contribution >= 0.6 is 11.6 Å². The molecule has 4 rings (SSSR count). The molecule has 0 aromatic carbocycles. The van der Waals surface area contributed by atoms with Crippen LogP contribution in [0.2, 0.25) is 0 Å². The van der Waals surface area contributed by atoms with Crippen molar-refractivity contribution >= 4 is 17.4 Å². The summed E-state index contributed by atoms with van der Waals surface area (Å²) >= 11 is 6.71. The highest BCUT2D eigenvalue weighted by atomic mass is 35.5. The van der Waals surface area contributed by atoms with E-state index in [0.717, 1.165) is 0 Å². The highest BCUT2D eigenvalue weighted by Gasteiger charge is 2.78. The molecule has 0 amide bonds. The summed E-state index contributed by atoms with van der Waals surface area (Å²) in [5, 5.41) is 21.5. The Balaban J connectivity index is 2.06. The van der Waals surface area contributed by atoms with Crippen LogP contribution in [-0.4, -0.2) is 66.5 Å². The van der Waals surface area contributed by atoms with Crippen LogP contribution in [0.3, 0.4) is 0 Å². The predicted molar refractivity (Wildman–Crippen MR) is 90.6 cm³/mol. The van der Waals surface area contributed by atoms with E-state index in [2.05, 4.69) is 4.90 Å². The molecular formula is C18H22ClNO5. The summed E-state index contributed by atoms with van der Waals surface area (Å²) in [4.78, 5) is 15.0. The third-order valence-electron chi connectivity index (χ3n) is 6.75. The van der Waals surface area contributed by atoms with Gasteiger partial charge in [-0.1, -0.05) is 23.8 Å². The van der Waals surface area contributed by atoms with Gasteiger partial charge in [0, 0.05) is 16.9 Å². The van der Waals surface area contributed by atoms with E-state index >= 15 is 0 Å². The van der Waals surface area contributed by atoms with Gasteiger partial charge < -0.3 is 19.7 Å². The Hall–Kier alpha value is -1.34. The van der Waals surface area contributed by atoms with Crippen molar-refractivity contribution in [2.24, 2.45) is 10.8 Å². The molecule has 1 aliphatic heterocycles. The number of hydrogen-bond acceptors (Lipinski definition) is 6. The van der Waals surface area contributed by atoms with Crippen molar-refractivity contribution in [2.75, 3.05) is 27.8 Å². The summed E-state index contributed by atoms with van der Waals surface area (Å²) in [7, 11) is 4.92. The summed E-state index contributed by atoms with van der Waals surface area (Å²) < 4.78 is 11.1. The topological polar surface area (TPSA) is 79.2 Å². The average Bonchev–Trinajstić information content (AvgIpc) is 3.12. The van der Waals surface area contributed by atoms with E-state index in [-0.39, 0.29) is 18.0 Å². The zero-order valence-corrected chi connectivity index (χ0v) is 15.2. The van der Waals surface area contributed by atoms with Gasteiger partial charge >= 0.3 is 0 Å². The Morgan fingerprint density at radius 1 is 1.32 bits per heavy atom. The number of aliphatic hydroxyl groups is 2. The van der Waals surface area contributed by atoms with Crippen LogP contribution in [0, 0.1) is 10.8 Å². The molecule has 1 saturated heterocycles. The molecule has 0 radical (unpaired) electrons. The van der Waals surface area contributed by atoms with Crippen LogP contribution in [0.5, 0.6) is 0 Å². The van der Waals surface area contributed by atoms with Crippen molar-refractivity contribution in [3.8, 4) is 0 Å². The Bertz CT molecular complexity index is 746. The number of ether oxygens (including phenoxy) is 2. The fourth-order valence-corrected chi connectivity index (χ4v) is 6.23. The number of Topliss-reactive ketones (excluding diaryl/α,β-unsaturated/α-hetero) is 1. The van der Waals surface area contributed by atoms with E-state index < -0.39 is 28.6 Å². The van der Waals surface area contributed by atoms with Gasteiger partial charge in [-0.2, -0.15) is 0 Å². The number of nitrogens with zero attached hydrogens (tertiary/aromatic N) is 1. The maximum Gasteiger partial charge on any atom is 0.202 e. The molecule has 1 fully saturated rings. The van der Waals surface area contributed by atoms with E-state index in [0.29, 0.717) is 23.8 Å². The third kappa shape index (κ3) is 1.56. The fraction of sp³-hybridized carbons (Fsp3) is 0.611. The second kappa shape index (κ2) is 5.10. The van der Waals surface area contributed by atoms with E-state index in [4.69, 9.17) is 21.1 Å². The van der Waals surface area contributed by atoms with E-state index in [1.165, 1.54) is 14.2 Å².